The van der Waals surface area contributed by atoms with Gasteiger partial charge >= 0.3 is 0 Å². The number of aryl methyl sites for hydroxylation is 1. The molecule has 1 aromatic carbocycles. The van der Waals surface area contributed by atoms with Crippen molar-refractivity contribution in [3.05, 3.63) is 23.8 Å². The number of benzene rings is 1. The van der Waals surface area contributed by atoms with E-state index in [1.165, 1.54) is 18.2 Å². The first-order valence-corrected chi connectivity index (χ1v) is 8.70. The summed E-state index contributed by atoms with van der Waals surface area (Å²) in [5.74, 6) is -0.236. The molecule has 0 unspecified atom stereocenters. The third kappa shape index (κ3) is 4.28. The molecule has 102 valence electrons. The number of sulfonamides is 1. The van der Waals surface area contributed by atoms with Crippen LogP contribution in [0.3, 0.4) is 0 Å². The highest BCUT2D eigenvalue weighted by molar-refractivity contribution is 7.91. The highest BCUT2D eigenvalue weighted by Gasteiger charge is 2.15. The van der Waals surface area contributed by atoms with Crippen LogP contribution in [0.25, 0.3) is 0 Å². The van der Waals surface area contributed by atoms with Crippen LogP contribution in [0.2, 0.25) is 0 Å². The predicted octanol–water partition coefficient (Wildman–Crippen LogP) is -0.0999. The first-order valence-electron chi connectivity index (χ1n) is 5.15. The Morgan fingerprint density at radius 3 is 2.33 bits per heavy atom. The van der Waals surface area contributed by atoms with Gasteiger partial charge in [-0.2, -0.15) is 0 Å². The van der Waals surface area contributed by atoms with Gasteiger partial charge in [0.15, 0.2) is 0 Å². The van der Waals surface area contributed by atoms with Crippen molar-refractivity contribution in [1.29, 1.82) is 0 Å². The summed E-state index contributed by atoms with van der Waals surface area (Å²) in [6.07, 6.45) is 1.05. The molecule has 8 heteroatoms. The second-order valence-electron chi connectivity index (χ2n) is 4.05. The lowest BCUT2D eigenvalue weighted by Gasteiger charge is -2.08. The first kappa shape index (κ1) is 14.9. The van der Waals surface area contributed by atoms with Crippen molar-refractivity contribution in [2.45, 2.75) is 11.8 Å². The van der Waals surface area contributed by atoms with Crippen molar-refractivity contribution in [2.75, 3.05) is 24.3 Å². The fourth-order valence-corrected chi connectivity index (χ4v) is 2.98. The van der Waals surface area contributed by atoms with Crippen LogP contribution in [-0.2, 0) is 19.9 Å². The van der Waals surface area contributed by atoms with Crippen molar-refractivity contribution in [2.24, 2.45) is 0 Å². The molecule has 0 saturated carbocycles. The normalized spacial score (nSPS) is 12.6. The molecular formula is C10H16N2O4S2. The highest BCUT2D eigenvalue weighted by Crippen LogP contribution is 2.16. The SMILES string of the molecule is Cc1cc(S(=O)(=O)NCCS(C)(=O)=O)ccc1N. The van der Waals surface area contributed by atoms with E-state index in [9.17, 15) is 16.8 Å². The second kappa shape index (κ2) is 5.25. The van der Waals surface area contributed by atoms with Gasteiger partial charge in [-0.15, -0.1) is 0 Å². The zero-order valence-electron chi connectivity index (χ0n) is 10.2. The number of nitrogens with one attached hydrogen (secondary N) is 1. The van der Waals surface area contributed by atoms with E-state index in [1.807, 2.05) is 0 Å². The number of hydrogen-bond donors (Lipinski definition) is 2. The minimum Gasteiger partial charge on any atom is -0.399 e. The van der Waals surface area contributed by atoms with Crippen LogP contribution in [0.5, 0.6) is 0 Å². The van der Waals surface area contributed by atoms with E-state index < -0.39 is 19.9 Å². The minimum absolute atomic E-state index is 0.0719. The molecular weight excluding hydrogens is 276 g/mol. The van der Waals surface area contributed by atoms with Gasteiger partial charge in [0, 0.05) is 18.5 Å². The van der Waals surface area contributed by atoms with Gasteiger partial charge in [-0.05, 0) is 30.7 Å². The number of hydrogen-bond acceptors (Lipinski definition) is 5. The predicted molar refractivity (Wildman–Crippen MR) is 70.5 cm³/mol. The Kier molecular flexibility index (Phi) is 4.36. The molecule has 1 rings (SSSR count). The van der Waals surface area contributed by atoms with Gasteiger partial charge in [-0.1, -0.05) is 0 Å². The molecule has 0 amide bonds. The zero-order chi connectivity index (χ0) is 14.0. The van der Waals surface area contributed by atoms with Crippen LogP contribution in [0.1, 0.15) is 5.56 Å². The van der Waals surface area contributed by atoms with Crippen LogP contribution in [0.4, 0.5) is 5.69 Å². The van der Waals surface area contributed by atoms with Gasteiger partial charge in [0.2, 0.25) is 10.0 Å². The number of nitrogens with two attached hydrogens (primary N) is 1. The molecule has 3 N–H and O–H groups in total. The maximum atomic E-state index is 11.8. The summed E-state index contributed by atoms with van der Waals surface area (Å²) in [5, 5.41) is 0. The standard InChI is InChI=1S/C10H16N2O4S2/c1-8-7-9(3-4-10(8)11)18(15,16)12-5-6-17(2,13)14/h3-4,7,12H,5-6,11H2,1-2H3. The summed E-state index contributed by atoms with van der Waals surface area (Å²) in [5.41, 5.74) is 6.75. The average molecular weight is 292 g/mol. The lowest BCUT2D eigenvalue weighted by molar-refractivity contribution is 0.582. The highest BCUT2D eigenvalue weighted by atomic mass is 32.2. The minimum atomic E-state index is -3.69. The van der Waals surface area contributed by atoms with Crippen molar-refractivity contribution in [3.63, 3.8) is 0 Å². The lowest BCUT2D eigenvalue weighted by Crippen LogP contribution is -2.29. The Bertz CT molecular complexity index is 636. The van der Waals surface area contributed by atoms with Crippen molar-refractivity contribution < 1.29 is 16.8 Å². The molecule has 6 nitrogen and oxygen atoms in total. The molecule has 0 aliphatic carbocycles. The molecule has 0 aliphatic rings. The fourth-order valence-electron chi connectivity index (χ4n) is 1.26. The molecule has 0 bridgehead atoms. The Labute approximate surface area is 107 Å². The molecule has 0 saturated heterocycles. The summed E-state index contributed by atoms with van der Waals surface area (Å²) in [6, 6.07) is 4.32. The number of anilines is 1. The van der Waals surface area contributed by atoms with Gasteiger partial charge in [0.25, 0.3) is 0 Å². The fraction of sp³-hybridized carbons (Fsp3) is 0.400. The van der Waals surface area contributed by atoms with Gasteiger partial charge < -0.3 is 5.73 Å². The van der Waals surface area contributed by atoms with Gasteiger partial charge in [0.05, 0.1) is 10.6 Å². The molecule has 0 atom stereocenters. The van der Waals surface area contributed by atoms with Crippen LogP contribution in [0, 0.1) is 6.92 Å². The van der Waals surface area contributed by atoms with E-state index in [0.717, 1.165) is 6.26 Å². The third-order valence-electron chi connectivity index (χ3n) is 2.32. The lowest BCUT2D eigenvalue weighted by atomic mass is 10.2. The van der Waals surface area contributed by atoms with Crippen molar-refractivity contribution in [1.82, 2.24) is 4.72 Å². The summed E-state index contributed by atoms with van der Waals surface area (Å²) in [6.45, 7) is 1.55. The molecule has 0 aliphatic heterocycles. The molecule has 0 fully saturated rings. The van der Waals surface area contributed by atoms with Gasteiger partial charge in [-0.3, -0.25) is 0 Å². The largest absolute Gasteiger partial charge is 0.399 e. The second-order valence-corrected chi connectivity index (χ2v) is 8.07. The third-order valence-corrected chi connectivity index (χ3v) is 4.72. The Morgan fingerprint density at radius 1 is 1.22 bits per heavy atom. The first-order chi connectivity index (χ1) is 8.12. The molecule has 0 spiro atoms. The number of nitrogen functional groups attached to an aromatic ring is 1. The molecule has 0 radical (unpaired) electrons. The summed E-state index contributed by atoms with van der Waals surface area (Å²) >= 11 is 0. The summed E-state index contributed by atoms with van der Waals surface area (Å²) in [4.78, 5) is 0.0719. The van der Waals surface area contributed by atoms with Gasteiger partial charge in [-0.25, -0.2) is 21.6 Å². The number of rotatable bonds is 5. The summed E-state index contributed by atoms with van der Waals surface area (Å²) in [7, 11) is -6.88. The van der Waals surface area contributed by atoms with E-state index in [-0.39, 0.29) is 17.2 Å². The average Bonchev–Trinajstić information content (AvgIpc) is 2.19. The Hall–Kier alpha value is -1.12. The maximum absolute atomic E-state index is 11.8. The Balaban J connectivity index is 2.84. The Morgan fingerprint density at radius 2 is 1.83 bits per heavy atom. The smallest absolute Gasteiger partial charge is 0.240 e. The maximum Gasteiger partial charge on any atom is 0.240 e. The molecule has 0 aromatic heterocycles. The van der Waals surface area contributed by atoms with E-state index in [1.54, 1.807) is 6.92 Å². The summed E-state index contributed by atoms with van der Waals surface area (Å²) < 4.78 is 47.7. The van der Waals surface area contributed by atoms with Crippen molar-refractivity contribution >= 4 is 25.5 Å². The van der Waals surface area contributed by atoms with Crippen LogP contribution in [-0.4, -0.2) is 35.4 Å². The van der Waals surface area contributed by atoms with Crippen LogP contribution < -0.4 is 10.5 Å². The van der Waals surface area contributed by atoms with E-state index >= 15 is 0 Å². The molecule has 1 aromatic rings. The topological polar surface area (TPSA) is 106 Å². The van der Waals surface area contributed by atoms with Crippen LogP contribution in [0.15, 0.2) is 23.1 Å². The molecule has 0 heterocycles. The monoisotopic (exact) mass is 292 g/mol. The number of sulfone groups is 1. The van der Waals surface area contributed by atoms with Crippen molar-refractivity contribution in [3.8, 4) is 0 Å². The molecule has 18 heavy (non-hydrogen) atoms. The van der Waals surface area contributed by atoms with Crippen LogP contribution >= 0.6 is 0 Å². The quantitative estimate of drug-likeness (QED) is 0.737. The zero-order valence-corrected chi connectivity index (χ0v) is 11.8. The van der Waals surface area contributed by atoms with E-state index in [4.69, 9.17) is 5.73 Å². The van der Waals surface area contributed by atoms with Gasteiger partial charge in [0.1, 0.15) is 9.84 Å². The van der Waals surface area contributed by atoms with E-state index in [0.29, 0.717) is 11.3 Å². The van der Waals surface area contributed by atoms with E-state index in [2.05, 4.69) is 4.72 Å².